The van der Waals surface area contributed by atoms with Gasteiger partial charge in [0.05, 0.1) is 11.7 Å². The van der Waals surface area contributed by atoms with Gasteiger partial charge in [0.15, 0.2) is 11.3 Å². The van der Waals surface area contributed by atoms with Crippen LogP contribution in [0.15, 0.2) is 36.7 Å². The second-order valence-corrected chi connectivity index (χ2v) is 6.61. The summed E-state index contributed by atoms with van der Waals surface area (Å²) in [7, 11) is 0. The first-order valence-electron chi connectivity index (χ1n) is 8.78. The molecule has 146 valence electrons. The van der Waals surface area contributed by atoms with Crippen molar-refractivity contribution in [3.63, 3.8) is 0 Å². The molecule has 0 bridgehead atoms. The Bertz CT molecular complexity index is 1030. The van der Waals surface area contributed by atoms with E-state index in [-0.39, 0.29) is 17.4 Å². The molecule has 3 aromatic rings. The molecule has 5 nitrogen and oxygen atoms in total. The molecule has 1 aliphatic carbocycles. The smallest absolute Gasteiger partial charge is 0.280 e. The Morgan fingerprint density at radius 1 is 1.18 bits per heavy atom. The average Bonchev–Trinajstić information content (AvgIpc) is 3.11. The number of rotatable bonds is 4. The van der Waals surface area contributed by atoms with Crippen molar-refractivity contribution in [2.45, 2.75) is 38.2 Å². The number of halogens is 4. The van der Waals surface area contributed by atoms with Crippen molar-refractivity contribution in [1.82, 2.24) is 19.7 Å². The van der Waals surface area contributed by atoms with Gasteiger partial charge in [0.2, 0.25) is 0 Å². The molecule has 1 aliphatic rings. The first-order chi connectivity index (χ1) is 13.5. The van der Waals surface area contributed by atoms with Crippen molar-refractivity contribution in [2.24, 2.45) is 0 Å². The van der Waals surface area contributed by atoms with E-state index < -0.39 is 30.1 Å². The predicted molar refractivity (Wildman–Crippen MR) is 92.5 cm³/mol. The molecule has 1 amide bonds. The number of aromatic nitrogens is 3. The van der Waals surface area contributed by atoms with Crippen LogP contribution in [0.4, 0.5) is 17.6 Å². The minimum absolute atomic E-state index is 0.257. The molecular formula is C19H16F4N4O. The Morgan fingerprint density at radius 2 is 1.96 bits per heavy atom. The van der Waals surface area contributed by atoms with Gasteiger partial charge in [-0.15, -0.1) is 0 Å². The van der Waals surface area contributed by atoms with Crippen molar-refractivity contribution in [2.75, 3.05) is 0 Å². The Labute approximate surface area is 157 Å². The Morgan fingerprint density at radius 3 is 2.71 bits per heavy atom. The second kappa shape index (κ2) is 7.21. The monoisotopic (exact) mass is 392 g/mol. The van der Waals surface area contributed by atoms with Crippen LogP contribution in [0.2, 0.25) is 0 Å². The number of carbonyl (C=O) groups excluding carboxylic acids is 1. The number of nitrogens with zero attached hydrogens (tertiary/aromatic N) is 3. The van der Waals surface area contributed by atoms with Gasteiger partial charge in [-0.2, -0.15) is 0 Å². The third-order valence-corrected chi connectivity index (χ3v) is 4.89. The second-order valence-electron chi connectivity index (χ2n) is 6.61. The van der Waals surface area contributed by atoms with Gasteiger partial charge in [-0.3, -0.25) is 9.20 Å². The number of benzene rings is 1. The van der Waals surface area contributed by atoms with Crippen LogP contribution in [-0.2, 0) is 6.42 Å². The molecule has 2 aromatic heterocycles. The number of amides is 1. The van der Waals surface area contributed by atoms with Crippen LogP contribution in [0.3, 0.4) is 0 Å². The zero-order valence-corrected chi connectivity index (χ0v) is 14.6. The molecule has 28 heavy (non-hydrogen) atoms. The molecular weight excluding hydrogens is 376 g/mol. The van der Waals surface area contributed by atoms with Crippen LogP contribution in [0, 0.1) is 0 Å². The summed E-state index contributed by atoms with van der Waals surface area (Å²) in [5.74, 6) is -0.636. The molecule has 0 spiro atoms. The fourth-order valence-electron chi connectivity index (χ4n) is 3.58. The Kier molecular flexibility index (Phi) is 4.74. The maximum absolute atomic E-state index is 13.3. The molecule has 0 saturated heterocycles. The molecule has 1 N–H and O–H groups in total. The van der Waals surface area contributed by atoms with E-state index in [0.29, 0.717) is 12.5 Å². The van der Waals surface area contributed by atoms with Crippen molar-refractivity contribution in [3.8, 4) is 0 Å². The number of imidazole rings is 1. The molecule has 9 heteroatoms. The Balaban J connectivity index is 1.71. The van der Waals surface area contributed by atoms with Crippen molar-refractivity contribution >= 4 is 11.6 Å². The third-order valence-electron chi connectivity index (χ3n) is 4.89. The summed E-state index contributed by atoms with van der Waals surface area (Å²) < 4.78 is 53.6. The maximum atomic E-state index is 13.3. The molecule has 2 heterocycles. The first-order valence-corrected chi connectivity index (χ1v) is 8.78. The molecule has 0 fully saturated rings. The lowest BCUT2D eigenvalue weighted by Gasteiger charge is -2.26. The predicted octanol–water partition coefficient (Wildman–Crippen LogP) is 4.41. The average molecular weight is 392 g/mol. The van der Waals surface area contributed by atoms with Crippen LogP contribution in [-0.4, -0.2) is 20.3 Å². The first kappa shape index (κ1) is 18.4. The summed E-state index contributed by atoms with van der Waals surface area (Å²) in [5.41, 5.74) is 0.0457. The van der Waals surface area contributed by atoms with E-state index in [1.807, 2.05) is 24.3 Å². The highest BCUT2D eigenvalue weighted by atomic mass is 19.3. The zero-order chi connectivity index (χ0) is 19.8. The standard InChI is InChI=1S/C19H16F4N4O/c20-16(21)13-8-14(17(22)23)27-9-24-15(18(27)25-13)19(28)26-12-7-3-5-10-4-1-2-6-11(10)12/h1-2,4,6,8-9,12,16-17H,3,5,7H2,(H,26,28). The van der Waals surface area contributed by atoms with Crippen LogP contribution in [0.1, 0.15) is 64.7 Å². The van der Waals surface area contributed by atoms with Gasteiger partial charge in [0.25, 0.3) is 18.8 Å². The number of hydrogen-bond acceptors (Lipinski definition) is 3. The number of hydrogen-bond donors (Lipinski definition) is 1. The molecule has 1 aromatic carbocycles. The van der Waals surface area contributed by atoms with Gasteiger partial charge < -0.3 is 5.32 Å². The molecule has 1 atom stereocenters. The number of carbonyl (C=O) groups is 1. The van der Waals surface area contributed by atoms with Crippen LogP contribution in [0.5, 0.6) is 0 Å². The fraction of sp³-hybridized carbons (Fsp3) is 0.316. The SMILES string of the molecule is O=C(NC1CCCc2ccccc21)c1ncn2c(C(F)F)cc(C(F)F)nc12. The highest BCUT2D eigenvalue weighted by Gasteiger charge is 2.26. The molecule has 4 rings (SSSR count). The van der Waals surface area contributed by atoms with Crippen molar-refractivity contribution in [3.05, 3.63) is 64.9 Å². The van der Waals surface area contributed by atoms with Gasteiger partial charge >= 0.3 is 0 Å². The summed E-state index contributed by atoms with van der Waals surface area (Å²) >= 11 is 0. The normalized spacial score (nSPS) is 16.6. The van der Waals surface area contributed by atoms with E-state index in [2.05, 4.69) is 15.3 Å². The van der Waals surface area contributed by atoms with Crippen LogP contribution < -0.4 is 5.32 Å². The van der Waals surface area contributed by atoms with Gasteiger partial charge in [-0.05, 0) is 36.5 Å². The number of nitrogens with one attached hydrogen (secondary N) is 1. The Hall–Kier alpha value is -2.97. The van der Waals surface area contributed by atoms with E-state index in [9.17, 15) is 22.4 Å². The fourth-order valence-corrected chi connectivity index (χ4v) is 3.58. The summed E-state index contributed by atoms with van der Waals surface area (Å²) in [6, 6.07) is 8.08. The third kappa shape index (κ3) is 3.21. The lowest BCUT2D eigenvalue weighted by atomic mass is 9.88. The summed E-state index contributed by atoms with van der Waals surface area (Å²) in [6.45, 7) is 0. The number of fused-ring (bicyclic) bond motifs is 2. The lowest BCUT2D eigenvalue weighted by molar-refractivity contribution is 0.0929. The highest BCUT2D eigenvalue weighted by Crippen LogP contribution is 2.30. The van der Waals surface area contributed by atoms with E-state index in [1.54, 1.807) is 0 Å². The molecule has 0 saturated carbocycles. The molecule has 1 unspecified atom stereocenters. The maximum Gasteiger partial charge on any atom is 0.280 e. The minimum Gasteiger partial charge on any atom is -0.344 e. The number of aryl methyl sites for hydroxylation is 1. The van der Waals surface area contributed by atoms with Gasteiger partial charge in [0, 0.05) is 0 Å². The molecule has 0 aliphatic heterocycles. The molecule has 0 radical (unpaired) electrons. The lowest BCUT2D eigenvalue weighted by Crippen LogP contribution is -2.31. The van der Waals surface area contributed by atoms with Crippen molar-refractivity contribution in [1.29, 1.82) is 0 Å². The highest BCUT2D eigenvalue weighted by molar-refractivity contribution is 5.98. The van der Waals surface area contributed by atoms with Crippen LogP contribution in [0.25, 0.3) is 5.65 Å². The van der Waals surface area contributed by atoms with Gasteiger partial charge in [0.1, 0.15) is 12.0 Å². The summed E-state index contributed by atoms with van der Waals surface area (Å²) in [4.78, 5) is 20.3. The quantitative estimate of drug-likeness (QED) is 0.669. The zero-order valence-electron chi connectivity index (χ0n) is 14.6. The van der Waals surface area contributed by atoms with E-state index in [0.717, 1.165) is 34.7 Å². The van der Waals surface area contributed by atoms with Crippen molar-refractivity contribution < 1.29 is 22.4 Å². The van der Waals surface area contributed by atoms with Gasteiger partial charge in [-0.1, -0.05) is 24.3 Å². The topological polar surface area (TPSA) is 59.3 Å². The van der Waals surface area contributed by atoms with E-state index >= 15 is 0 Å². The summed E-state index contributed by atoms with van der Waals surface area (Å²) in [5, 5.41) is 2.84. The minimum atomic E-state index is -3.04. The number of alkyl halides is 4. The van der Waals surface area contributed by atoms with Gasteiger partial charge in [-0.25, -0.2) is 27.5 Å². The largest absolute Gasteiger partial charge is 0.344 e. The van der Waals surface area contributed by atoms with E-state index in [4.69, 9.17) is 0 Å². The van der Waals surface area contributed by atoms with E-state index in [1.165, 1.54) is 0 Å². The van der Waals surface area contributed by atoms with Crippen LogP contribution >= 0.6 is 0 Å². The summed E-state index contributed by atoms with van der Waals surface area (Å²) in [6.07, 6.45) is -2.55.